The van der Waals surface area contributed by atoms with Gasteiger partial charge in [0.2, 0.25) is 0 Å². The highest BCUT2D eigenvalue weighted by Gasteiger charge is 2.30. The minimum atomic E-state index is -0.672. The van der Waals surface area contributed by atoms with Crippen LogP contribution in [0.15, 0.2) is 21.4 Å². The summed E-state index contributed by atoms with van der Waals surface area (Å²) in [6, 6.07) is 2.31. The summed E-state index contributed by atoms with van der Waals surface area (Å²) in [5, 5.41) is 9.63. The number of halogens is 2. The minimum absolute atomic E-state index is 0.0657. The number of benzene rings is 1. The largest absolute Gasteiger partial charge is 0.480 e. The molecule has 0 unspecified atom stereocenters. The fraction of sp³-hybridized carbons (Fsp3) is 0.389. The summed E-state index contributed by atoms with van der Waals surface area (Å²) >= 11 is 1.90. The second-order valence-corrected chi connectivity index (χ2v) is 7.71. The van der Waals surface area contributed by atoms with Crippen LogP contribution >= 0.6 is 22.6 Å². The number of carbonyl (C=O) groups excluding carboxylic acids is 2. The van der Waals surface area contributed by atoms with E-state index >= 15 is 0 Å². The Hall–Kier alpha value is -1.90. The smallest absolute Gasteiger partial charge is 0.344 e. The van der Waals surface area contributed by atoms with Crippen molar-refractivity contribution >= 4 is 45.8 Å². The van der Waals surface area contributed by atoms with Gasteiger partial charge >= 0.3 is 5.97 Å². The molecule has 1 heterocycles. The molecule has 1 aliphatic rings. The second kappa shape index (κ2) is 7.77. The van der Waals surface area contributed by atoms with E-state index in [1.165, 1.54) is 6.07 Å². The molecule has 1 N–H and O–H groups in total. The molecule has 0 saturated heterocycles. The zero-order valence-corrected chi connectivity index (χ0v) is 17.0. The molecular weight excluding hydrogens is 456 g/mol. The molecule has 6 nitrogen and oxygen atoms in total. The van der Waals surface area contributed by atoms with Gasteiger partial charge in [0.25, 0.3) is 0 Å². The van der Waals surface area contributed by atoms with Crippen molar-refractivity contribution < 1.29 is 28.6 Å². The normalized spacial score (nSPS) is 14.1. The first-order valence-corrected chi connectivity index (χ1v) is 8.84. The highest BCUT2D eigenvalue weighted by atomic mass is 127. The number of likely N-dealkylation sites (N-methyl/N-ethyl adjacent to an activating group) is 1. The molecule has 0 bridgehead atoms. The molecule has 0 spiro atoms. The molecular formula is C18H19FINO5. The highest BCUT2D eigenvalue weighted by molar-refractivity contribution is 14.1. The predicted molar refractivity (Wildman–Crippen MR) is 103 cm³/mol. The standard InChI is InChI=1S/C18H19FINO5/c1-18(2,3)26-15(24)9-25-14-6-10(19)5-11-12(7-22)16(20)13(8-23)21(4)17(11)14/h5-6,23H,8-9H2,1-4H3. The molecule has 0 fully saturated rings. The van der Waals surface area contributed by atoms with Crippen LogP contribution in [-0.4, -0.2) is 42.9 Å². The number of nitrogens with zero attached hydrogens (tertiary/aromatic N) is 1. The average Bonchev–Trinajstić information content (AvgIpc) is 2.51. The van der Waals surface area contributed by atoms with E-state index in [0.29, 0.717) is 15.0 Å². The molecule has 1 aromatic carbocycles. The first-order valence-electron chi connectivity index (χ1n) is 7.76. The van der Waals surface area contributed by atoms with Crippen molar-refractivity contribution in [2.75, 3.05) is 25.2 Å². The van der Waals surface area contributed by atoms with Crippen LogP contribution in [0.2, 0.25) is 0 Å². The van der Waals surface area contributed by atoms with E-state index in [4.69, 9.17) is 9.47 Å². The van der Waals surface area contributed by atoms with Crippen molar-refractivity contribution in [1.29, 1.82) is 0 Å². The molecule has 26 heavy (non-hydrogen) atoms. The van der Waals surface area contributed by atoms with Crippen LogP contribution in [0.3, 0.4) is 0 Å². The zero-order valence-electron chi connectivity index (χ0n) is 14.9. The molecule has 0 radical (unpaired) electrons. The van der Waals surface area contributed by atoms with Gasteiger partial charge in [0.05, 0.1) is 27.1 Å². The molecule has 0 aliphatic carbocycles. The van der Waals surface area contributed by atoms with E-state index < -0.39 is 24.0 Å². The van der Waals surface area contributed by atoms with Crippen LogP contribution in [0.25, 0.3) is 5.57 Å². The number of hydrogen-bond donors (Lipinski definition) is 1. The monoisotopic (exact) mass is 475 g/mol. The van der Waals surface area contributed by atoms with Crippen LogP contribution in [0.4, 0.5) is 10.1 Å². The number of allylic oxidation sites excluding steroid dienone is 2. The van der Waals surface area contributed by atoms with Gasteiger partial charge < -0.3 is 19.5 Å². The van der Waals surface area contributed by atoms with E-state index in [1.807, 2.05) is 22.6 Å². The Bertz CT molecular complexity index is 822. The van der Waals surface area contributed by atoms with E-state index in [-0.39, 0.29) is 23.5 Å². The highest BCUT2D eigenvalue weighted by Crippen LogP contribution is 2.46. The maximum Gasteiger partial charge on any atom is 0.344 e. The summed E-state index contributed by atoms with van der Waals surface area (Å²) < 4.78 is 25.2. The number of esters is 1. The fourth-order valence-electron chi connectivity index (χ4n) is 2.55. The Labute approximate surface area is 164 Å². The Kier molecular flexibility index (Phi) is 6.10. The van der Waals surface area contributed by atoms with Crippen molar-refractivity contribution in [3.05, 3.63) is 32.8 Å². The van der Waals surface area contributed by atoms with Gasteiger partial charge in [0, 0.05) is 18.7 Å². The summed E-state index contributed by atoms with van der Waals surface area (Å²) in [6.07, 6.45) is 0. The SMILES string of the molecule is CN1C(CO)=C(I)C(=C=O)c2cc(F)cc(OCC(=O)OC(C)(C)C)c21. The Morgan fingerprint density at radius 3 is 2.58 bits per heavy atom. The van der Waals surface area contributed by atoms with Crippen LogP contribution in [-0.2, 0) is 14.3 Å². The number of rotatable bonds is 4. The van der Waals surface area contributed by atoms with Crippen molar-refractivity contribution in [1.82, 2.24) is 0 Å². The van der Waals surface area contributed by atoms with E-state index in [9.17, 15) is 19.1 Å². The molecule has 0 saturated carbocycles. The van der Waals surface area contributed by atoms with Gasteiger partial charge in [-0.2, -0.15) is 0 Å². The fourth-order valence-corrected chi connectivity index (χ4v) is 3.48. The Balaban J connectivity index is 2.44. The molecule has 0 amide bonds. The van der Waals surface area contributed by atoms with E-state index in [1.54, 1.807) is 38.7 Å². The van der Waals surface area contributed by atoms with Crippen LogP contribution < -0.4 is 9.64 Å². The third-order valence-corrected chi connectivity index (χ3v) is 4.70. The second-order valence-electron chi connectivity index (χ2n) is 6.63. The van der Waals surface area contributed by atoms with Gasteiger partial charge in [-0.3, -0.25) is 0 Å². The van der Waals surface area contributed by atoms with Gasteiger partial charge in [-0.05, 0) is 49.4 Å². The lowest BCUT2D eigenvalue weighted by atomic mass is 9.98. The van der Waals surface area contributed by atoms with Gasteiger partial charge in [-0.15, -0.1) is 0 Å². The number of fused-ring (bicyclic) bond motifs is 1. The zero-order chi connectivity index (χ0) is 19.6. The number of aliphatic hydroxyl groups excluding tert-OH is 1. The van der Waals surface area contributed by atoms with Gasteiger partial charge in [-0.25, -0.2) is 14.0 Å². The van der Waals surface area contributed by atoms with E-state index in [2.05, 4.69) is 0 Å². The lowest BCUT2D eigenvalue weighted by Gasteiger charge is -2.32. The maximum atomic E-state index is 14.1. The average molecular weight is 475 g/mol. The first-order chi connectivity index (χ1) is 12.1. The van der Waals surface area contributed by atoms with E-state index in [0.717, 1.165) is 6.07 Å². The Morgan fingerprint density at radius 1 is 1.38 bits per heavy atom. The summed E-state index contributed by atoms with van der Waals surface area (Å²) in [5.74, 6) is 0.632. The maximum absolute atomic E-state index is 14.1. The molecule has 1 aromatic rings. The molecule has 8 heteroatoms. The minimum Gasteiger partial charge on any atom is -0.480 e. The third kappa shape index (κ3) is 4.25. The molecule has 0 aromatic heterocycles. The van der Waals surface area contributed by atoms with Gasteiger partial charge in [0.15, 0.2) is 6.61 Å². The molecule has 140 valence electrons. The third-order valence-electron chi connectivity index (χ3n) is 3.54. The predicted octanol–water partition coefficient (Wildman–Crippen LogP) is 2.85. The summed E-state index contributed by atoms with van der Waals surface area (Å²) in [6.45, 7) is 4.43. The summed E-state index contributed by atoms with van der Waals surface area (Å²) in [4.78, 5) is 24.9. The number of anilines is 1. The quantitative estimate of drug-likeness (QED) is 0.410. The van der Waals surface area contributed by atoms with Crippen LogP contribution in [0, 0.1) is 5.82 Å². The summed E-state index contributed by atoms with van der Waals surface area (Å²) in [7, 11) is 1.66. The van der Waals surface area contributed by atoms with Crippen molar-refractivity contribution in [3.8, 4) is 5.75 Å². The number of carbonyl (C=O) groups is 1. The lowest BCUT2D eigenvalue weighted by Crippen LogP contribution is -2.29. The van der Waals surface area contributed by atoms with Crippen LogP contribution in [0.1, 0.15) is 26.3 Å². The lowest BCUT2D eigenvalue weighted by molar-refractivity contribution is -0.157. The van der Waals surface area contributed by atoms with Gasteiger partial charge in [0.1, 0.15) is 23.1 Å². The van der Waals surface area contributed by atoms with Crippen molar-refractivity contribution in [2.24, 2.45) is 0 Å². The van der Waals surface area contributed by atoms with Crippen molar-refractivity contribution in [2.45, 2.75) is 26.4 Å². The van der Waals surface area contributed by atoms with Crippen molar-refractivity contribution in [3.63, 3.8) is 0 Å². The number of hydrogen-bond acceptors (Lipinski definition) is 6. The van der Waals surface area contributed by atoms with Crippen LogP contribution in [0.5, 0.6) is 5.75 Å². The molecule has 0 atom stereocenters. The number of aliphatic hydroxyl groups is 1. The topological polar surface area (TPSA) is 76.1 Å². The van der Waals surface area contributed by atoms with Gasteiger partial charge in [-0.1, -0.05) is 0 Å². The molecule has 2 rings (SSSR count). The first kappa shape index (κ1) is 20.4. The number of ether oxygens (including phenoxy) is 2. The summed E-state index contributed by atoms with van der Waals surface area (Å²) in [5.41, 5.74) is 0.560. The Morgan fingerprint density at radius 2 is 2.04 bits per heavy atom. The molecule has 1 aliphatic heterocycles.